The third-order valence-electron chi connectivity index (χ3n) is 2.16. The highest BCUT2D eigenvalue weighted by atomic mass is 16.7. The molecule has 1 rings (SSSR count). The van der Waals surface area contributed by atoms with Crippen LogP contribution in [0.15, 0.2) is 24.3 Å². The molecular formula is C12H19NO2. The Morgan fingerprint density at radius 3 is 2.40 bits per heavy atom. The summed E-state index contributed by atoms with van der Waals surface area (Å²) in [6.07, 6.45) is -0.251. The first-order valence-corrected chi connectivity index (χ1v) is 5.19. The number of hydrogen-bond donors (Lipinski definition) is 1. The van der Waals surface area contributed by atoms with Gasteiger partial charge in [-0.3, -0.25) is 0 Å². The van der Waals surface area contributed by atoms with Gasteiger partial charge in [-0.15, -0.1) is 0 Å². The number of hydrogen-bond acceptors (Lipinski definition) is 3. The lowest BCUT2D eigenvalue weighted by Gasteiger charge is -2.15. The highest BCUT2D eigenvalue weighted by molar-refractivity contribution is 5.23. The highest BCUT2D eigenvalue weighted by Gasteiger charge is 2.08. The lowest BCUT2D eigenvalue weighted by Crippen LogP contribution is -2.08. The Morgan fingerprint density at radius 1 is 1.27 bits per heavy atom. The SMILES string of the molecule is CCOC(OC)c1ccc(CNC)cc1. The van der Waals surface area contributed by atoms with Gasteiger partial charge in [0, 0.05) is 25.8 Å². The summed E-state index contributed by atoms with van der Waals surface area (Å²) in [5, 5.41) is 3.11. The molecule has 1 aromatic carbocycles. The highest BCUT2D eigenvalue weighted by Crippen LogP contribution is 2.18. The van der Waals surface area contributed by atoms with Crippen molar-refractivity contribution in [1.29, 1.82) is 0 Å². The summed E-state index contributed by atoms with van der Waals surface area (Å²) in [6, 6.07) is 8.24. The second kappa shape index (κ2) is 6.56. The summed E-state index contributed by atoms with van der Waals surface area (Å²) in [5.41, 5.74) is 2.31. The van der Waals surface area contributed by atoms with Crippen LogP contribution in [0.5, 0.6) is 0 Å². The van der Waals surface area contributed by atoms with Gasteiger partial charge in [0.1, 0.15) is 0 Å². The zero-order valence-corrected chi connectivity index (χ0v) is 9.62. The van der Waals surface area contributed by atoms with Crippen molar-refractivity contribution < 1.29 is 9.47 Å². The Bertz CT molecular complexity index is 271. The molecule has 0 heterocycles. The zero-order chi connectivity index (χ0) is 11.1. The monoisotopic (exact) mass is 209 g/mol. The minimum atomic E-state index is -0.251. The van der Waals surface area contributed by atoms with Crippen molar-refractivity contribution in [2.75, 3.05) is 20.8 Å². The largest absolute Gasteiger partial charge is 0.352 e. The second-order valence-corrected chi connectivity index (χ2v) is 3.29. The lowest BCUT2D eigenvalue weighted by molar-refractivity contribution is -0.124. The maximum Gasteiger partial charge on any atom is 0.183 e. The molecule has 1 N–H and O–H groups in total. The average molecular weight is 209 g/mol. The molecule has 84 valence electrons. The van der Waals surface area contributed by atoms with Crippen LogP contribution in [0.2, 0.25) is 0 Å². The van der Waals surface area contributed by atoms with Gasteiger partial charge >= 0.3 is 0 Å². The third-order valence-corrected chi connectivity index (χ3v) is 2.16. The van der Waals surface area contributed by atoms with Crippen LogP contribution in [0.1, 0.15) is 24.3 Å². The van der Waals surface area contributed by atoms with Crippen LogP contribution in [0, 0.1) is 0 Å². The molecule has 0 bridgehead atoms. The number of ether oxygens (including phenoxy) is 2. The molecule has 3 nitrogen and oxygen atoms in total. The molecule has 1 aromatic rings. The molecule has 1 unspecified atom stereocenters. The summed E-state index contributed by atoms with van der Waals surface area (Å²) in [7, 11) is 3.59. The average Bonchev–Trinajstić information content (AvgIpc) is 2.28. The molecule has 0 aromatic heterocycles. The topological polar surface area (TPSA) is 30.5 Å². The first-order valence-electron chi connectivity index (χ1n) is 5.19. The molecule has 0 saturated carbocycles. The molecule has 15 heavy (non-hydrogen) atoms. The first-order chi connectivity index (χ1) is 7.31. The van der Waals surface area contributed by atoms with Crippen molar-refractivity contribution in [2.24, 2.45) is 0 Å². The number of benzene rings is 1. The number of rotatable bonds is 6. The maximum atomic E-state index is 5.44. The van der Waals surface area contributed by atoms with E-state index in [0.717, 1.165) is 12.1 Å². The summed E-state index contributed by atoms with van der Waals surface area (Å²) in [4.78, 5) is 0. The van der Waals surface area contributed by atoms with Crippen molar-refractivity contribution in [3.8, 4) is 0 Å². The van der Waals surface area contributed by atoms with Crippen molar-refractivity contribution in [1.82, 2.24) is 5.32 Å². The van der Waals surface area contributed by atoms with Crippen molar-refractivity contribution in [3.63, 3.8) is 0 Å². The van der Waals surface area contributed by atoms with E-state index in [4.69, 9.17) is 9.47 Å². The van der Waals surface area contributed by atoms with E-state index in [1.807, 2.05) is 26.1 Å². The van der Waals surface area contributed by atoms with Gasteiger partial charge in [-0.05, 0) is 19.5 Å². The molecular weight excluding hydrogens is 190 g/mol. The molecule has 0 spiro atoms. The van der Waals surface area contributed by atoms with E-state index in [9.17, 15) is 0 Å². The number of methoxy groups -OCH3 is 1. The summed E-state index contributed by atoms with van der Waals surface area (Å²) >= 11 is 0. The van der Waals surface area contributed by atoms with E-state index in [0.29, 0.717) is 6.61 Å². The maximum absolute atomic E-state index is 5.44. The fourth-order valence-electron chi connectivity index (χ4n) is 1.45. The Kier molecular flexibility index (Phi) is 5.32. The molecule has 0 aliphatic rings. The first kappa shape index (κ1) is 12.2. The van der Waals surface area contributed by atoms with Crippen molar-refractivity contribution in [2.45, 2.75) is 19.8 Å². The standard InChI is InChI=1S/C12H19NO2/c1-4-15-12(14-3)11-7-5-10(6-8-11)9-13-2/h5-8,12-13H,4,9H2,1-3H3. The minimum Gasteiger partial charge on any atom is -0.352 e. The van der Waals surface area contributed by atoms with E-state index in [1.54, 1.807) is 7.11 Å². The van der Waals surface area contributed by atoms with Gasteiger partial charge in [0.05, 0.1) is 0 Å². The van der Waals surface area contributed by atoms with E-state index in [-0.39, 0.29) is 6.29 Å². The van der Waals surface area contributed by atoms with Crippen molar-refractivity contribution >= 4 is 0 Å². The molecule has 1 atom stereocenters. The molecule has 0 fully saturated rings. The second-order valence-electron chi connectivity index (χ2n) is 3.29. The minimum absolute atomic E-state index is 0.251. The van der Waals surface area contributed by atoms with Crippen LogP contribution in [-0.2, 0) is 16.0 Å². The Balaban J connectivity index is 2.68. The quantitative estimate of drug-likeness (QED) is 0.728. The van der Waals surface area contributed by atoms with Crippen molar-refractivity contribution in [3.05, 3.63) is 35.4 Å². The molecule has 0 aliphatic carbocycles. The molecule has 0 amide bonds. The zero-order valence-electron chi connectivity index (χ0n) is 9.62. The van der Waals surface area contributed by atoms with E-state index >= 15 is 0 Å². The Morgan fingerprint density at radius 2 is 1.93 bits per heavy atom. The van der Waals surface area contributed by atoms with Crippen LogP contribution in [0.25, 0.3) is 0 Å². The van der Waals surface area contributed by atoms with Gasteiger partial charge in [-0.2, -0.15) is 0 Å². The fraction of sp³-hybridized carbons (Fsp3) is 0.500. The van der Waals surface area contributed by atoms with Gasteiger partial charge < -0.3 is 14.8 Å². The van der Waals surface area contributed by atoms with Gasteiger partial charge in [0.15, 0.2) is 6.29 Å². The smallest absolute Gasteiger partial charge is 0.183 e. The summed E-state index contributed by atoms with van der Waals surface area (Å²) in [5.74, 6) is 0. The fourth-order valence-corrected chi connectivity index (χ4v) is 1.45. The van der Waals surface area contributed by atoms with Gasteiger partial charge in [-0.1, -0.05) is 24.3 Å². The molecule has 0 radical (unpaired) electrons. The van der Waals surface area contributed by atoms with E-state index in [1.165, 1.54) is 5.56 Å². The van der Waals surface area contributed by atoms with Gasteiger partial charge in [-0.25, -0.2) is 0 Å². The number of nitrogens with one attached hydrogen (secondary N) is 1. The molecule has 3 heteroatoms. The van der Waals surface area contributed by atoms with E-state index < -0.39 is 0 Å². The third kappa shape index (κ3) is 3.63. The van der Waals surface area contributed by atoms with Crippen LogP contribution >= 0.6 is 0 Å². The summed E-state index contributed by atoms with van der Waals surface area (Å²) < 4.78 is 10.7. The van der Waals surface area contributed by atoms with Crippen LogP contribution in [-0.4, -0.2) is 20.8 Å². The normalized spacial score (nSPS) is 12.7. The summed E-state index contributed by atoms with van der Waals surface area (Å²) in [6.45, 7) is 3.49. The van der Waals surface area contributed by atoms with Gasteiger partial charge in [0.2, 0.25) is 0 Å². The predicted molar refractivity (Wildman–Crippen MR) is 60.6 cm³/mol. The lowest BCUT2D eigenvalue weighted by atomic mass is 10.1. The molecule has 0 saturated heterocycles. The van der Waals surface area contributed by atoms with Gasteiger partial charge in [0.25, 0.3) is 0 Å². The Labute approximate surface area is 91.4 Å². The predicted octanol–water partition coefficient (Wildman–Crippen LogP) is 2.09. The molecule has 0 aliphatic heterocycles. The van der Waals surface area contributed by atoms with Crippen LogP contribution in [0.4, 0.5) is 0 Å². The van der Waals surface area contributed by atoms with E-state index in [2.05, 4.69) is 17.4 Å². The van der Waals surface area contributed by atoms with Crippen LogP contribution < -0.4 is 5.32 Å². The van der Waals surface area contributed by atoms with Crippen LogP contribution in [0.3, 0.4) is 0 Å². The Hall–Kier alpha value is -0.900.